The molecule has 1 aromatic rings. The zero-order valence-corrected chi connectivity index (χ0v) is 19.2. The second-order valence-electron chi connectivity index (χ2n) is 6.90. The summed E-state index contributed by atoms with van der Waals surface area (Å²) in [6, 6.07) is 8.54. The Balaban J connectivity index is 0.00000364. The van der Waals surface area contributed by atoms with Crippen LogP contribution in [-0.4, -0.2) is 59.1 Å². The van der Waals surface area contributed by atoms with Crippen LogP contribution in [0, 0.1) is 5.92 Å². The fourth-order valence-corrected chi connectivity index (χ4v) is 2.87. The molecule has 7 heteroatoms. The van der Waals surface area contributed by atoms with Crippen LogP contribution in [-0.2, 0) is 16.0 Å². The number of guanidine groups is 1. The van der Waals surface area contributed by atoms with Crippen LogP contribution in [0.5, 0.6) is 0 Å². The molecule has 27 heavy (non-hydrogen) atoms. The first kappa shape index (κ1) is 24.0. The second kappa shape index (κ2) is 14.0. The highest BCUT2D eigenvalue weighted by Gasteiger charge is 2.14. The van der Waals surface area contributed by atoms with Gasteiger partial charge >= 0.3 is 0 Å². The molecule has 1 fully saturated rings. The molecule has 1 heterocycles. The van der Waals surface area contributed by atoms with Gasteiger partial charge in [0, 0.05) is 52.1 Å². The van der Waals surface area contributed by atoms with Crippen LogP contribution in [0.15, 0.2) is 29.3 Å². The van der Waals surface area contributed by atoms with E-state index in [9.17, 15) is 0 Å². The number of morpholine rings is 1. The smallest absolute Gasteiger partial charge is 0.191 e. The van der Waals surface area contributed by atoms with Gasteiger partial charge in [0.25, 0.3) is 0 Å². The Kier molecular flexibility index (Phi) is 12.4. The number of nitrogens with one attached hydrogen (secondary N) is 2. The van der Waals surface area contributed by atoms with Crippen LogP contribution >= 0.6 is 24.0 Å². The lowest BCUT2D eigenvalue weighted by Gasteiger charge is -2.30. The standard InChI is InChI=1S/C20H34N4O2.HI/c1-17(2)16-26-12-6-9-22-20(21-3)23-15-18-7-4-5-8-19(18)24-10-13-25-14-11-24;/h4-5,7-8,17H,6,9-16H2,1-3H3,(H2,21,22,23);1H. The molecule has 0 bridgehead atoms. The number of nitrogens with zero attached hydrogens (tertiary/aromatic N) is 2. The van der Waals surface area contributed by atoms with Crippen molar-refractivity contribution >= 4 is 35.6 Å². The van der Waals surface area contributed by atoms with Crippen molar-refractivity contribution in [1.29, 1.82) is 0 Å². The van der Waals surface area contributed by atoms with Gasteiger partial charge in [-0.2, -0.15) is 0 Å². The van der Waals surface area contributed by atoms with E-state index < -0.39 is 0 Å². The molecule has 0 unspecified atom stereocenters. The molecular formula is C20H35IN4O2. The van der Waals surface area contributed by atoms with Crippen LogP contribution < -0.4 is 15.5 Å². The van der Waals surface area contributed by atoms with Crippen molar-refractivity contribution in [3.63, 3.8) is 0 Å². The van der Waals surface area contributed by atoms with Gasteiger partial charge in [-0.3, -0.25) is 4.99 Å². The predicted octanol–water partition coefficient (Wildman–Crippen LogP) is 2.87. The molecule has 2 rings (SSSR count). The summed E-state index contributed by atoms with van der Waals surface area (Å²) in [4.78, 5) is 6.70. The number of hydrogen-bond donors (Lipinski definition) is 2. The van der Waals surface area contributed by atoms with Gasteiger partial charge in [0.15, 0.2) is 5.96 Å². The van der Waals surface area contributed by atoms with Gasteiger partial charge in [-0.1, -0.05) is 32.0 Å². The third-order valence-electron chi connectivity index (χ3n) is 4.22. The largest absolute Gasteiger partial charge is 0.381 e. The highest BCUT2D eigenvalue weighted by molar-refractivity contribution is 14.0. The average molecular weight is 490 g/mol. The van der Waals surface area contributed by atoms with E-state index in [4.69, 9.17) is 9.47 Å². The minimum absolute atomic E-state index is 0. The third kappa shape index (κ3) is 9.12. The Hall–Kier alpha value is -1.06. The molecule has 1 aliphatic heterocycles. The molecule has 0 saturated carbocycles. The van der Waals surface area contributed by atoms with Crippen molar-refractivity contribution in [3.8, 4) is 0 Å². The summed E-state index contributed by atoms with van der Waals surface area (Å²) in [5.41, 5.74) is 2.55. The number of rotatable bonds is 9. The molecule has 0 atom stereocenters. The molecule has 0 spiro atoms. The predicted molar refractivity (Wildman–Crippen MR) is 123 cm³/mol. The van der Waals surface area contributed by atoms with E-state index in [2.05, 4.69) is 58.6 Å². The van der Waals surface area contributed by atoms with E-state index in [1.165, 1.54) is 11.3 Å². The Morgan fingerprint density at radius 1 is 1.22 bits per heavy atom. The number of benzene rings is 1. The molecular weight excluding hydrogens is 455 g/mol. The summed E-state index contributed by atoms with van der Waals surface area (Å²) >= 11 is 0. The lowest BCUT2D eigenvalue weighted by atomic mass is 10.1. The lowest BCUT2D eigenvalue weighted by molar-refractivity contribution is 0.108. The van der Waals surface area contributed by atoms with Crippen molar-refractivity contribution in [2.45, 2.75) is 26.8 Å². The maximum Gasteiger partial charge on any atom is 0.191 e. The van der Waals surface area contributed by atoms with Crippen molar-refractivity contribution in [3.05, 3.63) is 29.8 Å². The highest BCUT2D eigenvalue weighted by atomic mass is 127. The number of halogens is 1. The third-order valence-corrected chi connectivity index (χ3v) is 4.22. The summed E-state index contributed by atoms with van der Waals surface area (Å²) in [6.45, 7) is 11.0. The number of para-hydroxylation sites is 1. The van der Waals surface area contributed by atoms with E-state index >= 15 is 0 Å². The Bertz CT molecular complexity index is 549. The van der Waals surface area contributed by atoms with Crippen molar-refractivity contribution in [1.82, 2.24) is 10.6 Å². The highest BCUT2D eigenvalue weighted by Crippen LogP contribution is 2.21. The minimum atomic E-state index is 0. The molecule has 154 valence electrons. The van der Waals surface area contributed by atoms with Crippen LogP contribution in [0.1, 0.15) is 25.8 Å². The number of hydrogen-bond acceptors (Lipinski definition) is 4. The van der Waals surface area contributed by atoms with Crippen molar-refractivity contribution in [2.75, 3.05) is 58.0 Å². The van der Waals surface area contributed by atoms with Gasteiger partial charge in [0.1, 0.15) is 0 Å². The first-order valence-corrected chi connectivity index (χ1v) is 9.63. The lowest BCUT2D eigenvalue weighted by Crippen LogP contribution is -2.39. The quantitative estimate of drug-likeness (QED) is 0.241. The van der Waals surface area contributed by atoms with Gasteiger partial charge in [-0.25, -0.2) is 0 Å². The topological polar surface area (TPSA) is 58.1 Å². The second-order valence-corrected chi connectivity index (χ2v) is 6.90. The zero-order valence-electron chi connectivity index (χ0n) is 16.9. The maximum atomic E-state index is 5.61. The zero-order chi connectivity index (χ0) is 18.6. The average Bonchev–Trinajstić information content (AvgIpc) is 2.67. The van der Waals surface area contributed by atoms with Gasteiger partial charge in [-0.05, 0) is 24.0 Å². The number of aliphatic imine (C=N–C) groups is 1. The van der Waals surface area contributed by atoms with Crippen LogP contribution in [0.3, 0.4) is 0 Å². The van der Waals surface area contributed by atoms with E-state index in [1.807, 2.05) is 0 Å². The molecule has 0 amide bonds. The van der Waals surface area contributed by atoms with E-state index in [0.29, 0.717) is 5.92 Å². The molecule has 2 N–H and O–H groups in total. The van der Waals surface area contributed by atoms with Crippen LogP contribution in [0.2, 0.25) is 0 Å². The van der Waals surface area contributed by atoms with Gasteiger partial charge in [0.2, 0.25) is 0 Å². The molecule has 0 radical (unpaired) electrons. The summed E-state index contributed by atoms with van der Waals surface area (Å²) < 4.78 is 11.1. The van der Waals surface area contributed by atoms with E-state index in [0.717, 1.165) is 65.0 Å². The van der Waals surface area contributed by atoms with Crippen LogP contribution in [0.4, 0.5) is 5.69 Å². The van der Waals surface area contributed by atoms with Gasteiger partial charge < -0.3 is 25.0 Å². The Morgan fingerprint density at radius 2 is 1.96 bits per heavy atom. The monoisotopic (exact) mass is 490 g/mol. The molecule has 0 aromatic heterocycles. The first-order chi connectivity index (χ1) is 12.7. The first-order valence-electron chi connectivity index (χ1n) is 9.63. The number of anilines is 1. The summed E-state index contributed by atoms with van der Waals surface area (Å²) in [5, 5.41) is 6.77. The summed E-state index contributed by atoms with van der Waals surface area (Å²) in [5.74, 6) is 1.41. The summed E-state index contributed by atoms with van der Waals surface area (Å²) in [7, 11) is 1.80. The van der Waals surface area contributed by atoms with E-state index in [-0.39, 0.29) is 24.0 Å². The Morgan fingerprint density at radius 3 is 2.67 bits per heavy atom. The van der Waals surface area contributed by atoms with Crippen LogP contribution in [0.25, 0.3) is 0 Å². The fraction of sp³-hybridized carbons (Fsp3) is 0.650. The van der Waals surface area contributed by atoms with Gasteiger partial charge in [0.05, 0.1) is 13.2 Å². The van der Waals surface area contributed by atoms with Crippen molar-refractivity contribution < 1.29 is 9.47 Å². The number of ether oxygens (including phenoxy) is 2. The maximum absolute atomic E-state index is 5.61. The SMILES string of the molecule is CN=C(NCCCOCC(C)C)NCc1ccccc1N1CCOCC1.I. The minimum Gasteiger partial charge on any atom is -0.381 e. The molecule has 6 nitrogen and oxygen atoms in total. The molecule has 1 saturated heterocycles. The Labute approximate surface area is 181 Å². The normalized spacial score (nSPS) is 14.8. The van der Waals surface area contributed by atoms with E-state index in [1.54, 1.807) is 7.05 Å². The molecule has 1 aliphatic rings. The molecule has 1 aromatic carbocycles. The molecule has 0 aliphatic carbocycles. The van der Waals surface area contributed by atoms with Gasteiger partial charge in [-0.15, -0.1) is 24.0 Å². The fourth-order valence-electron chi connectivity index (χ4n) is 2.87. The summed E-state index contributed by atoms with van der Waals surface area (Å²) in [6.07, 6.45) is 0.970. The van der Waals surface area contributed by atoms with Crippen molar-refractivity contribution in [2.24, 2.45) is 10.9 Å².